The van der Waals surface area contributed by atoms with Gasteiger partial charge in [0.2, 0.25) is 0 Å². The van der Waals surface area contributed by atoms with Crippen molar-refractivity contribution in [2.24, 2.45) is 0 Å². The normalized spacial score (nSPS) is 11.0. The molecule has 0 unspecified atom stereocenters. The van der Waals surface area contributed by atoms with Crippen LogP contribution in [0, 0.1) is 0 Å². The summed E-state index contributed by atoms with van der Waals surface area (Å²) in [7, 11) is 0. The van der Waals surface area contributed by atoms with Crippen LogP contribution in [0.3, 0.4) is 0 Å². The molecule has 0 aliphatic heterocycles. The largest absolute Gasteiger partial charge is 0.493 e. The first-order chi connectivity index (χ1) is 20.4. The van der Waals surface area contributed by atoms with Gasteiger partial charge in [0.25, 0.3) is 0 Å². The Bertz CT molecular complexity index is 1030. The van der Waals surface area contributed by atoms with E-state index in [2.05, 4.69) is 39.0 Å². The maximum Gasteiger partial charge on any atom is 0.311 e. The van der Waals surface area contributed by atoms with Crippen molar-refractivity contribution in [3.05, 3.63) is 53.6 Å². The van der Waals surface area contributed by atoms with Crippen LogP contribution in [0.2, 0.25) is 0 Å². The maximum absolute atomic E-state index is 12.2. The number of rotatable bonds is 24. The zero-order valence-electron chi connectivity index (χ0n) is 26.3. The van der Waals surface area contributed by atoms with Gasteiger partial charge in [0.1, 0.15) is 17.2 Å². The van der Waals surface area contributed by atoms with Crippen LogP contribution in [0.5, 0.6) is 17.2 Å². The first kappa shape index (κ1) is 35.2. The standard InChI is InChI=1S/C36H54O6/c1-4-27-40-31-21-18-22-32(28-31)42-36(39)26-16-12-8-5-9-13-19-30-20-17-24-34(41-29(2)3)33(30)23-14-10-6-7-11-15-25-35(37)38/h17-18,20-22,24,28-29H,4-16,19,23,25-27H2,1-3H3,(H,37,38). The second kappa shape index (κ2) is 21.6. The summed E-state index contributed by atoms with van der Waals surface area (Å²) in [6, 6.07) is 13.8. The lowest BCUT2D eigenvalue weighted by Crippen LogP contribution is -2.09. The van der Waals surface area contributed by atoms with Crippen molar-refractivity contribution in [1.82, 2.24) is 0 Å². The third kappa shape index (κ3) is 15.8. The molecule has 6 heteroatoms. The number of hydrogen-bond donors (Lipinski definition) is 1. The van der Waals surface area contributed by atoms with Gasteiger partial charge >= 0.3 is 11.9 Å². The lowest BCUT2D eigenvalue weighted by molar-refractivity contribution is -0.137. The minimum atomic E-state index is -0.696. The van der Waals surface area contributed by atoms with Crippen molar-refractivity contribution in [1.29, 1.82) is 0 Å². The Balaban J connectivity index is 1.66. The van der Waals surface area contributed by atoms with E-state index in [0.29, 0.717) is 18.8 Å². The summed E-state index contributed by atoms with van der Waals surface area (Å²) in [5.74, 6) is 1.42. The molecule has 0 aliphatic carbocycles. The van der Waals surface area contributed by atoms with Gasteiger partial charge < -0.3 is 19.3 Å². The Morgan fingerprint density at radius 2 is 1.33 bits per heavy atom. The number of ether oxygens (including phenoxy) is 3. The zero-order chi connectivity index (χ0) is 30.4. The number of carbonyl (C=O) groups is 2. The number of aliphatic carboxylic acids is 1. The fourth-order valence-corrected chi connectivity index (χ4v) is 5.10. The zero-order valence-corrected chi connectivity index (χ0v) is 26.3. The van der Waals surface area contributed by atoms with E-state index in [-0.39, 0.29) is 18.5 Å². The van der Waals surface area contributed by atoms with E-state index in [1.165, 1.54) is 24.0 Å². The highest BCUT2D eigenvalue weighted by Gasteiger charge is 2.11. The topological polar surface area (TPSA) is 82.1 Å². The van der Waals surface area contributed by atoms with Crippen molar-refractivity contribution >= 4 is 11.9 Å². The molecule has 0 atom stereocenters. The van der Waals surface area contributed by atoms with Crippen LogP contribution in [-0.4, -0.2) is 29.8 Å². The van der Waals surface area contributed by atoms with E-state index in [0.717, 1.165) is 95.0 Å². The third-order valence-electron chi connectivity index (χ3n) is 7.25. The molecule has 0 bridgehead atoms. The summed E-state index contributed by atoms with van der Waals surface area (Å²) < 4.78 is 17.3. The smallest absolute Gasteiger partial charge is 0.311 e. The Hall–Kier alpha value is -3.02. The molecule has 2 aromatic carbocycles. The van der Waals surface area contributed by atoms with Gasteiger partial charge in [-0.15, -0.1) is 0 Å². The van der Waals surface area contributed by atoms with Gasteiger partial charge in [-0.3, -0.25) is 9.59 Å². The van der Waals surface area contributed by atoms with Gasteiger partial charge in [-0.2, -0.15) is 0 Å². The average Bonchev–Trinajstić information content (AvgIpc) is 2.95. The molecule has 6 nitrogen and oxygen atoms in total. The first-order valence-corrected chi connectivity index (χ1v) is 16.3. The Kier molecular flexibility index (Phi) is 18.1. The minimum Gasteiger partial charge on any atom is -0.493 e. The molecule has 2 aromatic rings. The molecule has 0 saturated carbocycles. The molecule has 0 heterocycles. The van der Waals surface area contributed by atoms with E-state index in [4.69, 9.17) is 19.3 Å². The summed E-state index contributed by atoms with van der Waals surface area (Å²) >= 11 is 0. The third-order valence-corrected chi connectivity index (χ3v) is 7.25. The van der Waals surface area contributed by atoms with Crippen molar-refractivity contribution < 1.29 is 28.9 Å². The number of carbonyl (C=O) groups excluding carboxylic acids is 1. The van der Waals surface area contributed by atoms with E-state index >= 15 is 0 Å². The predicted molar refractivity (Wildman–Crippen MR) is 170 cm³/mol. The molecule has 0 spiro atoms. The molecular weight excluding hydrogens is 528 g/mol. The minimum absolute atomic E-state index is 0.149. The summed E-state index contributed by atoms with van der Waals surface area (Å²) in [6.45, 7) is 6.87. The summed E-state index contributed by atoms with van der Waals surface area (Å²) in [5.41, 5.74) is 2.76. The predicted octanol–water partition coefficient (Wildman–Crippen LogP) is 9.50. The summed E-state index contributed by atoms with van der Waals surface area (Å²) in [5, 5.41) is 8.77. The van der Waals surface area contributed by atoms with Crippen LogP contribution < -0.4 is 14.2 Å². The second-order valence-electron chi connectivity index (χ2n) is 11.5. The first-order valence-electron chi connectivity index (χ1n) is 16.3. The van der Waals surface area contributed by atoms with Gasteiger partial charge in [-0.1, -0.05) is 76.5 Å². The number of esters is 1. The summed E-state index contributed by atoms with van der Waals surface area (Å²) in [6.07, 6.45) is 16.7. The fourth-order valence-electron chi connectivity index (χ4n) is 5.10. The second-order valence-corrected chi connectivity index (χ2v) is 11.5. The SMILES string of the molecule is CCCOc1cccc(OC(=O)CCCCCCCCc2cccc(OC(C)C)c2CCCCCCCCC(=O)O)c1. The monoisotopic (exact) mass is 582 g/mol. The van der Waals surface area contributed by atoms with E-state index in [9.17, 15) is 9.59 Å². The molecule has 0 radical (unpaired) electrons. The molecule has 0 aliphatic rings. The number of hydrogen-bond acceptors (Lipinski definition) is 5. The lowest BCUT2D eigenvalue weighted by atomic mass is 9.95. The van der Waals surface area contributed by atoms with E-state index < -0.39 is 5.97 Å². The van der Waals surface area contributed by atoms with Crippen molar-refractivity contribution in [2.75, 3.05) is 6.61 Å². The van der Waals surface area contributed by atoms with Gasteiger partial charge in [-0.25, -0.2) is 0 Å². The Morgan fingerprint density at radius 1 is 0.738 bits per heavy atom. The number of carboxylic acids is 1. The van der Waals surface area contributed by atoms with Gasteiger partial charge in [0, 0.05) is 18.9 Å². The van der Waals surface area contributed by atoms with Crippen LogP contribution >= 0.6 is 0 Å². The van der Waals surface area contributed by atoms with Gasteiger partial charge in [-0.05, 0) is 88.1 Å². The van der Waals surface area contributed by atoms with E-state index in [1.54, 1.807) is 12.1 Å². The highest BCUT2D eigenvalue weighted by Crippen LogP contribution is 2.28. The fraction of sp³-hybridized carbons (Fsp3) is 0.611. The highest BCUT2D eigenvalue weighted by atomic mass is 16.5. The van der Waals surface area contributed by atoms with Crippen molar-refractivity contribution in [3.8, 4) is 17.2 Å². The quantitative estimate of drug-likeness (QED) is 0.0754. The van der Waals surface area contributed by atoms with Gasteiger partial charge in [0.15, 0.2) is 0 Å². The summed E-state index contributed by atoms with van der Waals surface area (Å²) in [4.78, 5) is 22.9. The molecular formula is C36H54O6. The molecule has 0 fully saturated rings. The number of benzene rings is 2. The molecule has 0 saturated heterocycles. The number of carboxylic acid groups (broad SMARTS) is 1. The molecule has 234 valence electrons. The molecule has 2 rings (SSSR count). The number of aryl methyl sites for hydroxylation is 1. The van der Waals surface area contributed by atoms with Crippen molar-refractivity contribution in [3.63, 3.8) is 0 Å². The maximum atomic E-state index is 12.2. The van der Waals surface area contributed by atoms with Crippen LogP contribution in [0.25, 0.3) is 0 Å². The lowest BCUT2D eigenvalue weighted by Gasteiger charge is -2.18. The van der Waals surface area contributed by atoms with E-state index in [1.807, 2.05) is 12.1 Å². The van der Waals surface area contributed by atoms with Crippen LogP contribution in [0.1, 0.15) is 128 Å². The Labute approximate surface area is 254 Å². The average molecular weight is 583 g/mol. The van der Waals surface area contributed by atoms with Crippen LogP contribution in [-0.2, 0) is 22.4 Å². The molecule has 0 amide bonds. The highest BCUT2D eigenvalue weighted by molar-refractivity contribution is 5.72. The Morgan fingerprint density at radius 3 is 2.00 bits per heavy atom. The van der Waals surface area contributed by atoms with Gasteiger partial charge in [0.05, 0.1) is 12.7 Å². The van der Waals surface area contributed by atoms with Crippen LogP contribution in [0.4, 0.5) is 0 Å². The number of unbranched alkanes of at least 4 members (excludes halogenated alkanes) is 10. The van der Waals surface area contributed by atoms with Crippen LogP contribution in [0.15, 0.2) is 42.5 Å². The molecule has 1 N–H and O–H groups in total. The molecule has 0 aromatic heterocycles. The van der Waals surface area contributed by atoms with Crippen molar-refractivity contribution in [2.45, 2.75) is 136 Å². The molecule has 42 heavy (non-hydrogen) atoms.